The molecule has 0 radical (unpaired) electrons. The molecule has 1 unspecified atom stereocenters. The van der Waals surface area contributed by atoms with Crippen LogP contribution in [-0.2, 0) is 30.5 Å². The minimum Gasteiger partial charge on any atom is -0.495 e. The summed E-state index contributed by atoms with van der Waals surface area (Å²) in [6, 6.07) is 21.4. The molecule has 1 aliphatic carbocycles. The second-order valence-corrected chi connectivity index (χ2v) is 19.0. The van der Waals surface area contributed by atoms with Crippen LogP contribution in [0.4, 0.5) is 35.9 Å². The summed E-state index contributed by atoms with van der Waals surface area (Å²) >= 11 is 0. The summed E-state index contributed by atoms with van der Waals surface area (Å²) in [4.78, 5) is 88.5. The number of pyridine rings is 1. The molecule has 4 fully saturated rings. The molecule has 5 aliphatic rings. The quantitative estimate of drug-likeness (QED) is 0.0749. The molecule has 0 bridgehead atoms. The predicted molar refractivity (Wildman–Crippen MR) is 259 cm³/mol. The number of rotatable bonds is 14. The van der Waals surface area contributed by atoms with E-state index < -0.39 is 53.4 Å². The predicted octanol–water partition coefficient (Wildman–Crippen LogP) is 6.01. The Morgan fingerprint density at radius 2 is 1.51 bits per heavy atom. The number of carbonyl (C=O) groups excluding carboxylic acids is 6. The van der Waals surface area contributed by atoms with Gasteiger partial charge in [0.25, 0.3) is 11.8 Å². The Labute approximate surface area is 412 Å². The van der Waals surface area contributed by atoms with Gasteiger partial charge < -0.3 is 40.1 Å². The smallest absolute Gasteiger partial charge is 0.269 e. The molecule has 4 aliphatic heterocycles. The van der Waals surface area contributed by atoms with Gasteiger partial charge in [-0.25, -0.2) is 13.2 Å². The minimum absolute atomic E-state index is 0.0776. The lowest BCUT2D eigenvalue weighted by molar-refractivity contribution is -0.137. The van der Waals surface area contributed by atoms with E-state index >= 15 is 8.78 Å². The first-order valence-electron chi connectivity index (χ1n) is 23.9. The molecule has 0 spiro atoms. The molecule has 10 rings (SSSR count). The largest absolute Gasteiger partial charge is 0.495 e. The van der Waals surface area contributed by atoms with E-state index in [1.54, 1.807) is 71.8 Å². The van der Waals surface area contributed by atoms with Crippen molar-refractivity contribution >= 4 is 69.1 Å². The van der Waals surface area contributed by atoms with Crippen molar-refractivity contribution in [3.63, 3.8) is 0 Å². The molecule has 1 saturated carbocycles. The molecule has 2 atom stereocenters. The van der Waals surface area contributed by atoms with E-state index in [0.29, 0.717) is 108 Å². The average molecular weight is 988 g/mol. The van der Waals surface area contributed by atoms with Gasteiger partial charge in [-0.2, -0.15) is 0 Å². The van der Waals surface area contributed by atoms with Crippen molar-refractivity contribution in [1.29, 1.82) is 0 Å². The van der Waals surface area contributed by atoms with Crippen molar-refractivity contribution in [3.8, 4) is 17.2 Å². The standard InChI is InChI=1S/C52H52F3N9O8/c1-71-44-25-37-40(56-19-15-43(37)72-35-11-9-34(10-12-35)58-50(70)51(17-18-51)49(69)57-33-7-5-32(53)6-8-33)26-42(44)63-20-16-31(52(54,55)30-63)27-61-21-23-62(24-22-61)29-46(66)59-39-4-2-3-36-38(39)28-64(48(36)68)41-13-14-45(65)60-47(41)67/h2-12,15,19,25-26,31,41H,13-14,16-18,20-24,27-30H2,1H3,(H,57,69)(H,58,70)(H,59,66)(H,60,65,67)/t31?,41-/m0/s1. The Morgan fingerprint density at radius 1 is 0.819 bits per heavy atom. The number of anilines is 4. The number of nitrogens with one attached hydrogen (secondary N) is 4. The Balaban J connectivity index is 0.709. The number of fused-ring (bicyclic) bond motifs is 2. The molecular formula is C52H52F3N9O8. The lowest BCUT2D eigenvalue weighted by atomic mass is 9.91. The van der Waals surface area contributed by atoms with Gasteiger partial charge in [0.2, 0.25) is 29.5 Å². The van der Waals surface area contributed by atoms with Crippen LogP contribution in [-0.4, -0.2) is 127 Å². The summed E-state index contributed by atoms with van der Waals surface area (Å²) in [5.74, 6) is -5.49. The number of piperazine rings is 1. The number of amides is 6. The third-order valence-corrected chi connectivity index (χ3v) is 14.3. The number of benzene rings is 4. The van der Waals surface area contributed by atoms with Gasteiger partial charge in [-0.3, -0.25) is 44.0 Å². The van der Waals surface area contributed by atoms with Gasteiger partial charge in [0.05, 0.1) is 31.4 Å². The molecule has 1 aromatic heterocycles. The number of carbonyl (C=O) groups is 6. The number of methoxy groups -OCH3 is 1. The highest BCUT2D eigenvalue weighted by molar-refractivity contribution is 6.17. The minimum atomic E-state index is -3.03. The fourth-order valence-corrected chi connectivity index (χ4v) is 10.0. The molecule has 3 saturated heterocycles. The van der Waals surface area contributed by atoms with Gasteiger partial charge >= 0.3 is 0 Å². The summed E-state index contributed by atoms with van der Waals surface area (Å²) in [6.07, 6.45) is 2.93. The second kappa shape index (κ2) is 19.6. The molecule has 6 amide bonds. The normalized spacial score (nSPS) is 20.6. The molecule has 5 heterocycles. The fraction of sp³-hybridized carbons (Fsp3) is 0.365. The number of hydrogen-bond acceptors (Lipinski definition) is 12. The molecule has 20 heteroatoms. The van der Waals surface area contributed by atoms with Crippen molar-refractivity contribution in [1.82, 2.24) is 25.0 Å². The highest BCUT2D eigenvalue weighted by Gasteiger charge is 2.56. The van der Waals surface area contributed by atoms with Crippen LogP contribution in [0.1, 0.15) is 48.0 Å². The Morgan fingerprint density at radius 3 is 2.18 bits per heavy atom. The summed E-state index contributed by atoms with van der Waals surface area (Å²) in [5, 5.41) is 11.3. The van der Waals surface area contributed by atoms with E-state index in [0.717, 1.165) is 0 Å². The first-order chi connectivity index (χ1) is 34.7. The number of hydrogen-bond donors (Lipinski definition) is 4. The zero-order valence-electron chi connectivity index (χ0n) is 39.4. The number of aromatic nitrogens is 1. The van der Waals surface area contributed by atoms with Crippen LogP contribution in [0.2, 0.25) is 0 Å². The number of ether oxygens (including phenoxy) is 2. The zero-order valence-corrected chi connectivity index (χ0v) is 39.4. The number of imide groups is 1. The van der Waals surface area contributed by atoms with Gasteiger partial charge in [0, 0.05) is 97.9 Å². The average Bonchev–Trinajstić information content (AvgIpc) is 4.12. The molecule has 17 nitrogen and oxygen atoms in total. The molecule has 72 heavy (non-hydrogen) atoms. The van der Waals surface area contributed by atoms with Gasteiger partial charge in [0.15, 0.2) is 0 Å². The molecule has 4 aromatic carbocycles. The summed E-state index contributed by atoms with van der Waals surface area (Å²) in [7, 11) is 1.48. The highest BCUT2D eigenvalue weighted by Crippen LogP contribution is 2.48. The topological polar surface area (TPSA) is 195 Å². The SMILES string of the molecule is COc1cc2c(Oc3ccc(NC(=O)C4(C(=O)Nc5ccc(F)cc5)CC4)cc3)ccnc2cc1N1CCC(CN2CCN(CC(=O)Nc3cccc4c3CN([C@H]3CCC(=O)NC3=O)C4=O)CC2)C(F)(F)C1. The maximum Gasteiger partial charge on any atom is 0.269 e. The van der Waals surface area contributed by atoms with E-state index in [-0.39, 0.29) is 56.6 Å². The number of nitrogens with zero attached hydrogens (tertiary/aromatic N) is 5. The van der Waals surface area contributed by atoms with Gasteiger partial charge in [-0.05, 0) is 105 Å². The lowest BCUT2D eigenvalue weighted by Crippen LogP contribution is -2.55. The van der Waals surface area contributed by atoms with Crippen molar-refractivity contribution in [2.24, 2.45) is 11.3 Å². The van der Waals surface area contributed by atoms with Crippen molar-refractivity contribution in [3.05, 3.63) is 108 Å². The summed E-state index contributed by atoms with van der Waals surface area (Å²) in [5.41, 5.74) is 2.11. The van der Waals surface area contributed by atoms with E-state index in [4.69, 9.17) is 9.47 Å². The van der Waals surface area contributed by atoms with Crippen LogP contribution in [0.5, 0.6) is 17.2 Å². The van der Waals surface area contributed by atoms with Crippen LogP contribution >= 0.6 is 0 Å². The molecule has 374 valence electrons. The van der Waals surface area contributed by atoms with Crippen molar-refractivity contribution in [2.45, 2.75) is 50.6 Å². The van der Waals surface area contributed by atoms with Crippen molar-refractivity contribution < 1.29 is 51.4 Å². The molecular weight excluding hydrogens is 936 g/mol. The van der Waals surface area contributed by atoms with E-state index in [9.17, 15) is 33.2 Å². The van der Waals surface area contributed by atoms with Crippen LogP contribution < -0.4 is 35.6 Å². The maximum atomic E-state index is 16.1. The van der Waals surface area contributed by atoms with Gasteiger partial charge in [0.1, 0.15) is 34.5 Å². The highest BCUT2D eigenvalue weighted by atomic mass is 19.3. The first kappa shape index (κ1) is 48.1. The number of halogens is 3. The molecule has 4 N–H and O–H groups in total. The van der Waals surface area contributed by atoms with Crippen molar-refractivity contribution in [2.75, 3.05) is 80.3 Å². The van der Waals surface area contributed by atoms with Gasteiger partial charge in [-0.1, -0.05) is 6.07 Å². The third kappa shape index (κ3) is 9.87. The van der Waals surface area contributed by atoms with Crippen LogP contribution in [0, 0.1) is 17.2 Å². The van der Waals surface area contributed by atoms with Gasteiger partial charge in [-0.15, -0.1) is 0 Å². The van der Waals surface area contributed by atoms with Crippen LogP contribution in [0.15, 0.2) is 91.1 Å². The monoisotopic (exact) mass is 987 g/mol. The van der Waals surface area contributed by atoms with E-state index in [1.807, 2.05) is 9.80 Å². The fourth-order valence-electron chi connectivity index (χ4n) is 10.0. The zero-order chi connectivity index (χ0) is 50.3. The van der Waals surface area contributed by atoms with Crippen LogP contribution in [0.25, 0.3) is 10.9 Å². The number of piperidine rings is 2. The molecule has 5 aromatic rings. The Hall–Kier alpha value is -7.58. The lowest BCUT2D eigenvalue weighted by Gasteiger charge is -2.43. The number of alkyl halides is 2. The summed E-state index contributed by atoms with van der Waals surface area (Å²) < 4.78 is 57.6. The maximum absolute atomic E-state index is 16.1. The third-order valence-electron chi connectivity index (χ3n) is 14.3. The Bertz CT molecular complexity index is 2960. The Kier molecular flexibility index (Phi) is 13.1. The van der Waals surface area contributed by atoms with E-state index in [1.165, 1.54) is 36.3 Å². The second-order valence-electron chi connectivity index (χ2n) is 19.0. The first-order valence-corrected chi connectivity index (χ1v) is 23.9. The van der Waals surface area contributed by atoms with E-state index in [2.05, 4.69) is 26.3 Å². The van der Waals surface area contributed by atoms with Crippen LogP contribution in [0.3, 0.4) is 0 Å². The summed E-state index contributed by atoms with van der Waals surface area (Å²) in [6.45, 7) is 2.29.